The monoisotopic (exact) mass is 240 g/mol. The summed E-state index contributed by atoms with van der Waals surface area (Å²) in [6.45, 7) is 16.7. The highest BCUT2D eigenvalue weighted by molar-refractivity contribution is 4.83. The molecule has 1 aliphatic heterocycles. The number of likely N-dealkylation sites (tertiary alicyclic amines) is 1. The summed E-state index contributed by atoms with van der Waals surface area (Å²) in [6, 6.07) is 0.745. The molecule has 2 heteroatoms. The normalized spacial score (nSPS) is 22.2. The minimum absolute atomic E-state index is 0.745. The molecule has 1 unspecified atom stereocenters. The highest BCUT2D eigenvalue weighted by atomic mass is 15.2. The van der Waals surface area contributed by atoms with Crippen molar-refractivity contribution in [2.75, 3.05) is 26.2 Å². The van der Waals surface area contributed by atoms with Crippen LogP contribution in [0.25, 0.3) is 0 Å². The van der Waals surface area contributed by atoms with Gasteiger partial charge in [0.25, 0.3) is 0 Å². The fraction of sp³-hybridized carbons (Fsp3) is 1.00. The van der Waals surface area contributed by atoms with Crippen molar-refractivity contribution in [1.82, 2.24) is 10.2 Å². The number of nitrogens with one attached hydrogen (secondary N) is 1. The number of hydrogen-bond donors (Lipinski definition) is 1. The van der Waals surface area contributed by atoms with Crippen molar-refractivity contribution in [3.63, 3.8) is 0 Å². The third kappa shape index (κ3) is 4.97. The third-order valence-electron chi connectivity index (χ3n) is 4.14. The highest BCUT2D eigenvalue weighted by Crippen LogP contribution is 2.23. The molecule has 1 fully saturated rings. The van der Waals surface area contributed by atoms with Crippen molar-refractivity contribution in [3.05, 3.63) is 0 Å². The van der Waals surface area contributed by atoms with Crippen molar-refractivity contribution in [1.29, 1.82) is 0 Å². The zero-order valence-corrected chi connectivity index (χ0v) is 12.5. The summed E-state index contributed by atoms with van der Waals surface area (Å²) in [6.07, 6.45) is 2.58. The molecule has 0 aliphatic carbocycles. The molecular weight excluding hydrogens is 208 g/mol. The largest absolute Gasteiger partial charge is 0.313 e. The van der Waals surface area contributed by atoms with Gasteiger partial charge in [-0.1, -0.05) is 34.6 Å². The van der Waals surface area contributed by atoms with Gasteiger partial charge < -0.3 is 10.2 Å². The zero-order valence-electron chi connectivity index (χ0n) is 12.5. The van der Waals surface area contributed by atoms with Crippen LogP contribution in [0.1, 0.15) is 47.5 Å². The highest BCUT2D eigenvalue weighted by Gasteiger charge is 2.26. The fourth-order valence-corrected chi connectivity index (χ4v) is 3.00. The Hall–Kier alpha value is -0.0800. The van der Waals surface area contributed by atoms with E-state index < -0.39 is 0 Å². The molecule has 1 aliphatic rings. The Kier molecular flexibility index (Phi) is 6.50. The van der Waals surface area contributed by atoms with E-state index in [0.717, 1.165) is 23.8 Å². The molecule has 17 heavy (non-hydrogen) atoms. The SMILES string of the molecule is CCCNC1CCN(CC(C(C)C)C(C)C)C1. The Labute approximate surface area is 108 Å². The van der Waals surface area contributed by atoms with Gasteiger partial charge in [-0.15, -0.1) is 0 Å². The van der Waals surface area contributed by atoms with Crippen LogP contribution in [0.2, 0.25) is 0 Å². The average molecular weight is 240 g/mol. The fourth-order valence-electron chi connectivity index (χ4n) is 3.00. The molecule has 1 atom stereocenters. The van der Waals surface area contributed by atoms with Crippen LogP contribution in [0.3, 0.4) is 0 Å². The van der Waals surface area contributed by atoms with Crippen molar-refractivity contribution >= 4 is 0 Å². The van der Waals surface area contributed by atoms with E-state index in [-0.39, 0.29) is 0 Å². The first-order valence-corrected chi connectivity index (χ1v) is 7.50. The third-order valence-corrected chi connectivity index (χ3v) is 4.14. The lowest BCUT2D eigenvalue weighted by molar-refractivity contribution is 0.187. The van der Waals surface area contributed by atoms with Crippen LogP contribution < -0.4 is 5.32 Å². The van der Waals surface area contributed by atoms with E-state index in [1.54, 1.807) is 0 Å². The molecule has 0 spiro atoms. The van der Waals surface area contributed by atoms with E-state index >= 15 is 0 Å². The van der Waals surface area contributed by atoms with Gasteiger partial charge in [0, 0.05) is 19.1 Å². The lowest BCUT2D eigenvalue weighted by atomic mass is 9.85. The Morgan fingerprint density at radius 1 is 1.18 bits per heavy atom. The zero-order chi connectivity index (χ0) is 12.8. The average Bonchev–Trinajstić information content (AvgIpc) is 2.70. The molecule has 2 nitrogen and oxygen atoms in total. The Bertz CT molecular complexity index is 193. The van der Waals surface area contributed by atoms with Gasteiger partial charge in [0.05, 0.1) is 0 Å². The first-order chi connectivity index (χ1) is 8.04. The van der Waals surface area contributed by atoms with Crippen molar-refractivity contribution in [3.8, 4) is 0 Å². The second kappa shape index (κ2) is 7.38. The molecular formula is C15H32N2. The van der Waals surface area contributed by atoms with Crippen LogP contribution in [-0.2, 0) is 0 Å². The molecule has 0 aromatic heterocycles. The maximum absolute atomic E-state index is 3.65. The van der Waals surface area contributed by atoms with E-state index in [1.165, 1.54) is 39.0 Å². The molecule has 1 rings (SSSR count). The summed E-state index contributed by atoms with van der Waals surface area (Å²) in [7, 11) is 0. The van der Waals surface area contributed by atoms with Gasteiger partial charge in [-0.05, 0) is 43.7 Å². The summed E-state index contributed by atoms with van der Waals surface area (Å²) in [5, 5.41) is 3.65. The van der Waals surface area contributed by atoms with Crippen LogP contribution in [0.15, 0.2) is 0 Å². The summed E-state index contributed by atoms with van der Waals surface area (Å²) in [4.78, 5) is 2.66. The van der Waals surface area contributed by atoms with Crippen molar-refractivity contribution in [2.24, 2.45) is 17.8 Å². The van der Waals surface area contributed by atoms with Crippen molar-refractivity contribution < 1.29 is 0 Å². The van der Waals surface area contributed by atoms with Crippen LogP contribution >= 0.6 is 0 Å². The molecule has 102 valence electrons. The molecule has 1 heterocycles. The molecule has 0 aromatic rings. The second-order valence-electron chi connectivity index (χ2n) is 6.35. The van der Waals surface area contributed by atoms with E-state index in [1.807, 2.05) is 0 Å². The van der Waals surface area contributed by atoms with Gasteiger partial charge in [-0.2, -0.15) is 0 Å². The van der Waals surface area contributed by atoms with Gasteiger partial charge in [0.2, 0.25) is 0 Å². The predicted molar refractivity (Wildman–Crippen MR) is 76.3 cm³/mol. The summed E-state index contributed by atoms with van der Waals surface area (Å²) < 4.78 is 0. The molecule has 1 saturated heterocycles. The van der Waals surface area contributed by atoms with Gasteiger partial charge >= 0.3 is 0 Å². The summed E-state index contributed by atoms with van der Waals surface area (Å²) in [5.41, 5.74) is 0. The Morgan fingerprint density at radius 2 is 1.82 bits per heavy atom. The quantitative estimate of drug-likeness (QED) is 0.736. The number of hydrogen-bond acceptors (Lipinski definition) is 2. The van der Waals surface area contributed by atoms with E-state index in [4.69, 9.17) is 0 Å². The number of nitrogens with zero attached hydrogens (tertiary/aromatic N) is 1. The van der Waals surface area contributed by atoms with Crippen molar-refractivity contribution in [2.45, 2.75) is 53.5 Å². The van der Waals surface area contributed by atoms with Crippen LogP contribution in [0.4, 0.5) is 0 Å². The topological polar surface area (TPSA) is 15.3 Å². The Balaban J connectivity index is 2.32. The predicted octanol–water partition coefficient (Wildman–Crippen LogP) is 2.99. The van der Waals surface area contributed by atoms with E-state index in [2.05, 4.69) is 44.8 Å². The van der Waals surface area contributed by atoms with Gasteiger partial charge in [0.1, 0.15) is 0 Å². The summed E-state index contributed by atoms with van der Waals surface area (Å²) in [5.74, 6) is 2.45. The van der Waals surface area contributed by atoms with E-state index in [9.17, 15) is 0 Å². The smallest absolute Gasteiger partial charge is 0.0207 e. The molecule has 0 bridgehead atoms. The molecule has 0 saturated carbocycles. The van der Waals surface area contributed by atoms with Crippen LogP contribution in [0.5, 0.6) is 0 Å². The maximum Gasteiger partial charge on any atom is 0.0207 e. The van der Waals surface area contributed by atoms with E-state index in [0.29, 0.717) is 0 Å². The van der Waals surface area contributed by atoms with Gasteiger partial charge in [0.15, 0.2) is 0 Å². The summed E-state index contributed by atoms with van der Waals surface area (Å²) >= 11 is 0. The minimum Gasteiger partial charge on any atom is -0.313 e. The lowest BCUT2D eigenvalue weighted by Crippen LogP contribution is -2.36. The standard InChI is InChI=1S/C15H32N2/c1-6-8-16-14-7-9-17(10-14)11-15(12(2)3)13(4)5/h12-16H,6-11H2,1-5H3. The second-order valence-corrected chi connectivity index (χ2v) is 6.35. The molecule has 0 aromatic carbocycles. The van der Waals surface area contributed by atoms with Crippen LogP contribution in [0, 0.1) is 17.8 Å². The van der Waals surface area contributed by atoms with Gasteiger partial charge in [-0.25, -0.2) is 0 Å². The first-order valence-electron chi connectivity index (χ1n) is 7.50. The minimum atomic E-state index is 0.745. The lowest BCUT2D eigenvalue weighted by Gasteiger charge is -2.29. The Morgan fingerprint density at radius 3 is 2.35 bits per heavy atom. The molecule has 0 radical (unpaired) electrons. The van der Waals surface area contributed by atoms with Crippen LogP contribution in [-0.4, -0.2) is 37.1 Å². The number of rotatable bonds is 7. The first kappa shape index (κ1) is 15.0. The maximum atomic E-state index is 3.65. The molecule has 0 amide bonds. The van der Waals surface area contributed by atoms with Gasteiger partial charge in [-0.3, -0.25) is 0 Å². The molecule has 1 N–H and O–H groups in total.